The third-order valence-electron chi connectivity index (χ3n) is 2.01. The van der Waals surface area contributed by atoms with Gasteiger partial charge in [0, 0.05) is 6.54 Å². The Bertz CT molecular complexity index is 338. The number of ether oxygens (including phenoxy) is 2. The largest absolute Gasteiger partial charge is 0.494 e. The summed E-state index contributed by atoms with van der Waals surface area (Å²) in [5.41, 5.74) is 7.01. The summed E-state index contributed by atoms with van der Waals surface area (Å²) in [6.07, 6.45) is 0. The average Bonchev–Trinajstić information content (AvgIpc) is 2.26. The predicted molar refractivity (Wildman–Crippen MR) is 74.0 cm³/mol. The number of nitrogens with one attached hydrogen (secondary N) is 1. The van der Waals surface area contributed by atoms with Crippen molar-refractivity contribution in [3.05, 3.63) is 12.1 Å². The smallest absolute Gasteiger partial charge is 0.168 e. The fourth-order valence-corrected chi connectivity index (χ4v) is 1.31. The van der Waals surface area contributed by atoms with E-state index in [1.165, 1.54) is 7.11 Å². The molecule has 0 aliphatic heterocycles. The number of hydrogen-bond donors (Lipinski definition) is 3. The normalized spacial score (nSPS) is 8.65. The maximum absolute atomic E-state index is 8.70. The lowest BCUT2D eigenvalue weighted by Crippen LogP contribution is -2.08. The number of methoxy groups -OCH3 is 2. The van der Waals surface area contributed by atoms with E-state index >= 15 is 0 Å². The van der Waals surface area contributed by atoms with Crippen LogP contribution >= 0.6 is 24.8 Å². The van der Waals surface area contributed by atoms with E-state index in [-0.39, 0.29) is 31.4 Å². The maximum atomic E-state index is 8.70. The molecule has 0 heterocycles. The van der Waals surface area contributed by atoms with E-state index in [0.29, 0.717) is 23.7 Å². The molecule has 0 aromatic heterocycles. The van der Waals surface area contributed by atoms with Gasteiger partial charge < -0.3 is 25.6 Å². The van der Waals surface area contributed by atoms with Crippen molar-refractivity contribution in [2.45, 2.75) is 0 Å². The van der Waals surface area contributed by atoms with Crippen LogP contribution in [0.5, 0.6) is 11.5 Å². The Morgan fingerprint density at radius 1 is 1.24 bits per heavy atom. The molecule has 0 amide bonds. The van der Waals surface area contributed by atoms with Crippen molar-refractivity contribution in [2.24, 2.45) is 0 Å². The molecule has 0 aliphatic carbocycles. The van der Waals surface area contributed by atoms with E-state index in [4.69, 9.17) is 20.3 Å². The molecule has 17 heavy (non-hydrogen) atoms. The molecular formula is C10H18Cl2N2O3. The lowest BCUT2D eigenvalue weighted by Gasteiger charge is -2.14. The number of aliphatic hydroxyl groups is 1. The van der Waals surface area contributed by atoms with Gasteiger partial charge in [-0.25, -0.2) is 0 Å². The molecule has 4 N–H and O–H groups in total. The topological polar surface area (TPSA) is 76.7 Å². The number of halogens is 2. The van der Waals surface area contributed by atoms with Crippen LogP contribution in [-0.4, -0.2) is 32.5 Å². The Morgan fingerprint density at radius 2 is 1.88 bits per heavy atom. The minimum atomic E-state index is 0. The predicted octanol–water partition coefficient (Wildman–Crippen LogP) is 1.53. The number of hydrogen-bond acceptors (Lipinski definition) is 5. The molecule has 5 nitrogen and oxygen atoms in total. The molecule has 0 unspecified atom stereocenters. The number of anilines is 2. The minimum absolute atomic E-state index is 0. The zero-order chi connectivity index (χ0) is 11.3. The second kappa shape index (κ2) is 9.04. The molecule has 1 aromatic rings. The van der Waals surface area contributed by atoms with Crippen molar-refractivity contribution in [3.8, 4) is 11.5 Å². The van der Waals surface area contributed by atoms with Crippen molar-refractivity contribution in [1.29, 1.82) is 0 Å². The van der Waals surface area contributed by atoms with Crippen LogP contribution in [0.15, 0.2) is 12.1 Å². The van der Waals surface area contributed by atoms with Gasteiger partial charge in [-0.15, -0.1) is 24.8 Å². The van der Waals surface area contributed by atoms with E-state index in [1.54, 1.807) is 19.2 Å². The van der Waals surface area contributed by atoms with E-state index < -0.39 is 0 Å². The van der Waals surface area contributed by atoms with Crippen molar-refractivity contribution < 1.29 is 14.6 Å². The maximum Gasteiger partial charge on any atom is 0.168 e. The average molecular weight is 285 g/mol. The third-order valence-corrected chi connectivity index (χ3v) is 2.01. The molecule has 0 radical (unpaired) electrons. The Labute approximate surface area is 113 Å². The number of nitrogen functional groups attached to an aromatic ring is 1. The first kappa shape index (κ1) is 18.3. The van der Waals surface area contributed by atoms with Crippen LogP contribution in [0.1, 0.15) is 0 Å². The van der Waals surface area contributed by atoms with Crippen LogP contribution < -0.4 is 20.5 Å². The molecule has 7 heteroatoms. The highest BCUT2D eigenvalue weighted by Crippen LogP contribution is 2.37. The Morgan fingerprint density at radius 3 is 2.35 bits per heavy atom. The van der Waals surface area contributed by atoms with Crippen LogP contribution in [-0.2, 0) is 0 Å². The summed E-state index contributed by atoms with van der Waals surface area (Å²) in [5.74, 6) is 1.10. The molecule has 1 rings (SSSR count). The Kier molecular flexibility index (Phi) is 9.74. The van der Waals surface area contributed by atoms with Crippen molar-refractivity contribution in [3.63, 3.8) is 0 Å². The highest BCUT2D eigenvalue weighted by Gasteiger charge is 2.11. The van der Waals surface area contributed by atoms with Gasteiger partial charge >= 0.3 is 0 Å². The summed E-state index contributed by atoms with van der Waals surface area (Å²) in [5, 5.41) is 11.7. The fourth-order valence-electron chi connectivity index (χ4n) is 1.31. The van der Waals surface area contributed by atoms with Gasteiger partial charge in [-0.1, -0.05) is 0 Å². The Balaban J connectivity index is 0. The number of rotatable bonds is 5. The van der Waals surface area contributed by atoms with Crippen molar-refractivity contribution >= 4 is 36.2 Å². The summed E-state index contributed by atoms with van der Waals surface area (Å²) < 4.78 is 10.2. The second-order valence-corrected chi connectivity index (χ2v) is 2.91. The molecule has 0 fully saturated rings. The Hall–Kier alpha value is -1.04. The lowest BCUT2D eigenvalue weighted by atomic mass is 10.2. The highest BCUT2D eigenvalue weighted by molar-refractivity contribution is 5.85. The van der Waals surface area contributed by atoms with Crippen molar-refractivity contribution in [1.82, 2.24) is 0 Å². The molecule has 0 saturated carbocycles. The standard InChI is InChI=1S/C10H16N2O3.2ClH/c1-14-8-4-3-7(12-5-6-13)10(15-2)9(8)11;;/h3-4,12-13H,5-6,11H2,1-2H3;2*1H. The zero-order valence-corrected chi connectivity index (χ0v) is 11.4. The molecule has 100 valence electrons. The van der Waals surface area contributed by atoms with Crippen LogP contribution in [0, 0.1) is 0 Å². The van der Waals surface area contributed by atoms with Gasteiger partial charge in [0.2, 0.25) is 0 Å². The SMILES string of the molecule is COc1ccc(NCCO)c(OC)c1N.Cl.Cl. The highest BCUT2D eigenvalue weighted by atomic mass is 35.5. The van der Waals surface area contributed by atoms with E-state index in [1.807, 2.05) is 0 Å². The van der Waals surface area contributed by atoms with Crippen LogP contribution in [0.4, 0.5) is 11.4 Å². The first-order chi connectivity index (χ1) is 7.24. The molecule has 0 spiro atoms. The second-order valence-electron chi connectivity index (χ2n) is 2.91. The zero-order valence-electron chi connectivity index (χ0n) is 9.73. The van der Waals surface area contributed by atoms with Crippen LogP contribution in [0.3, 0.4) is 0 Å². The summed E-state index contributed by atoms with van der Waals surface area (Å²) in [7, 11) is 3.08. The first-order valence-corrected chi connectivity index (χ1v) is 4.59. The summed E-state index contributed by atoms with van der Waals surface area (Å²) in [4.78, 5) is 0. The number of nitrogens with two attached hydrogens (primary N) is 1. The van der Waals surface area contributed by atoms with Gasteiger partial charge in [0.1, 0.15) is 11.4 Å². The van der Waals surface area contributed by atoms with E-state index in [2.05, 4.69) is 5.32 Å². The van der Waals surface area contributed by atoms with Gasteiger partial charge in [0.25, 0.3) is 0 Å². The first-order valence-electron chi connectivity index (χ1n) is 4.59. The molecule has 0 saturated heterocycles. The number of benzene rings is 1. The van der Waals surface area contributed by atoms with Crippen LogP contribution in [0.25, 0.3) is 0 Å². The summed E-state index contributed by atoms with van der Waals surface area (Å²) in [6, 6.07) is 3.54. The van der Waals surface area contributed by atoms with Gasteiger partial charge in [0.15, 0.2) is 5.75 Å². The quantitative estimate of drug-likeness (QED) is 0.715. The minimum Gasteiger partial charge on any atom is -0.494 e. The fraction of sp³-hybridized carbons (Fsp3) is 0.400. The van der Waals surface area contributed by atoms with Crippen LogP contribution in [0.2, 0.25) is 0 Å². The third kappa shape index (κ3) is 4.38. The van der Waals surface area contributed by atoms with Gasteiger partial charge in [0.05, 0.1) is 26.5 Å². The summed E-state index contributed by atoms with van der Waals surface area (Å²) in [6.45, 7) is 0.497. The van der Waals surface area contributed by atoms with Crippen molar-refractivity contribution in [2.75, 3.05) is 38.4 Å². The van der Waals surface area contributed by atoms with E-state index in [9.17, 15) is 0 Å². The van der Waals surface area contributed by atoms with E-state index in [0.717, 1.165) is 5.69 Å². The molecular weight excluding hydrogens is 267 g/mol. The van der Waals surface area contributed by atoms with Gasteiger partial charge in [-0.05, 0) is 12.1 Å². The number of aliphatic hydroxyl groups excluding tert-OH is 1. The monoisotopic (exact) mass is 284 g/mol. The van der Waals surface area contributed by atoms with Gasteiger partial charge in [-0.2, -0.15) is 0 Å². The summed E-state index contributed by atoms with van der Waals surface area (Å²) >= 11 is 0. The molecule has 1 aromatic carbocycles. The molecule has 0 bridgehead atoms. The lowest BCUT2D eigenvalue weighted by molar-refractivity contribution is 0.311. The van der Waals surface area contributed by atoms with Gasteiger partial charge in [-0.3, -0.25) is 0 Å². The molecule has 0 aliphatic rings. The molecule has 0 atom stereocenters.